The van der Waals surface area contributed by atoms with Gasteiger partial charge in [0.15, 0.2) is 12.1 Å². The summed E-state index contributed by atoms with van der Waals surface area (Å²) in [5, 5.41) is 10.2. The van der Waals surface area contributed by atoms with Gasteiger partial charge >= 0.3 is 0 Å². The van der Waals surface area contributed by atoms with E-state index in [0.717, 1.165) is 12.8 Å². The third-order valence-electron chi connectivity index (χ3n) is 4.26. The number of fused-ring (bicyclic) bond motifs is 3. The minimum Gasteiger partial charge on any atom is -0.393 e. The molecule has 2 heterocycles. The highest BCUT2D eigenvalue weighted by molar-refractivity contribution is 5.06. The van der Waals surface area contributed by atoms with Crippen LogP contribution in [0.1, 0.15) is 33.6 Å². The molecule has 18 heavy (non-hydrogen) atoms. The Morgan fingerprint density at radius 3 is 2.72 bits per heavy atom. The highest BCUT2D eigenvalue weighted by atomic mass is 16.8. The Morgan fingerprint density at radius 1 is 1.22 bits per heavy atom. The molecule has 1 aliphatic carbocycles. The summed E-state index contributed by atoms with van der Waals surface area (Å²) in [6, 6.07) is 0. The number of hydrogen-bond donors (Lipinski definition) is 1. The summed E-state index contributed by atoms with van der Waals surface area (Å²) in [7, 11) is 0. The summed E-state index contributed by atoms with van der Waals surface area (Å²) >= 11 is 0. The van der Waals surface area contributed by atoms with Gasteiger partial charge in [-0.05, 0) is 33.6 Å². The third-order valence-corrected chi connectivity index (χ3v) is 4.26. The molecule has 0 spiro atoms. The maximum Gasteiger partial charge on any atom is 0.187 e. The maximum atomic E-state index is 10.2. The van der Waals surface area contributed by atoms with Gasteiger partial charge in [0.2, 0.25) is 0 Å². The molecule has 4 nitrogen and oxygen atoms in total. The normalized spacial score (nSPS) is 50.4. The number of allylic oxidation sites excluding steroid dienone is 1. The fourth-order valence-corrected chi connectivity index (χ4v) is 3.59. The molecule has 2 aliphatic heterocycles. The van der Waals surface area contributed by atoms with Crippen LogP contribution in [0.2, 0.25) is 0 Å². The average Bonchev–Trinajstić information content (AvgIpc) is 2.74. The lowest BCUT2D eigenvalue weighted by Gasteiger charge is -2.37. The summed E-state index contributed by atoms with van der Waals surface area (Å²) in [6.07, 6.45) is 5.30. The molecule has 0 aromatic carbocycles. The predicted molar refractivity (Wildman–Crippen MR) is 65.7 cm³/mol. The minimum atomic E-state index is -0.580. The van der Waals surface area contributed by atoms with Crippen LogP contribution in [-0.4, -0.2) is 35.5 Å². The lowest BCUT2D eigenvalue weighted by Crippen LogP contribution is -2.43. The molecule has 102 valence electrons. The molecule has 0 bridgehead atoms. The van der Waals surface area contributed by atoms with Crippen molar-refractivity contribution in [1.29, 1.82) is 0 Å². The van der Waals surface area contributed by atoms with Crippen LogP contribution in [0.3, 0.4) is 0 Å². The Hall–Kier alpha value is -0.420. The second-order valence-electron chi connectivity index (χ2n) is 5.97. The van der Waals surface area contributed by atoms with E-state index in [1.807, 2.05) is 26.8 Å². The van der Waals surface area contributed by atoms with Crippen molar-refractivity contribution in [2.75, 3.05) is 0 Å². The largest absolute Gasteiger partial charge is 0.393 e. The van der Waals surface area contributed by atoms with Crippen molar-refractivity contribution in [3.8, 4) is 0 Å². The first-order valence-corrected chi connectivity index (χ1v) is 6.84. The highest BCUT2D eigenvalue weighted by Crippen LogP contribution is 2.48. The summed E-state index contributed by atoms with van der Waals surface area (Å²) in [5.74, 6) is -0.263. The van der Waals surface area contributed by atoms with E-state index in [1.165, 1.54) is 0 Å². The molecule has 3 aliphatic rings. The lowest BCUT2D eigenvalue weighted by molar-refractivity contribution is -0.217. The monoisotopic (exact) mass is 254 g/mol. The lowest BCUT2D eigenvalue weighted by atomic mass is 9.73. The zero-order valence-corrected chi connectivity index (χ0v) is 11.2. The summed E-state index contributed by atoms with van der Waals surface area (Å²) in [6.45, 7) is 5.81. The van der Waals surface area contributed by atoms with Crippen molar-refractivity contribution in [2.24, 2.45) is 11.8 Å². The molecule has 6 atom stereocenters. The first-order chi connectivity index (χ1) is 8.52. The van der Waals surface area contributed by atoms with E-state index >= 15 is 0 Å². The molecule has 1 saturated carbocycles. The number of hydrogen-bond acceptors (Lipinski definition) is 4. The molecule has 0 radical (unpaired) electrons. The number of rotatable bonds is 1. The topological polar surface area (TPSA) is 47.9 Å². The molecular weight excluding hydrogens is 232 g/mol. The van der Waals surface area contributed by atoms with Crippen LogP contribution >= 0.6 is 0 Å². The van der Waals surface area contributed by atoms with Gasteiger partial charge in [0, 0.05) is 11.8 Å². The van der Waals surface area contributed by atoms with Gasteiger partial charge < -0.3 is 19.3 Å². The first-order valence-electron chi connectivity index (χ1n) is 6.84. The van der Waals surface area contributed by atoms with Gasteiger partial charge in [0.1, 0.15) is 6.10 Å². The van der Waals surface area contributed by atoms with Crippen molar-refractivity contribution >= 4 is 0 Å². The van der Waals surface area contributed by atoms with Crippen molar-refractivity contribution in [1.82, 2.24) is 0 Å². The number of aliphatic hydroxyl groups is 1. The smallest absolute Gasteiger partial charge is 0.187 e. The second-order valence-corrected chi connectivity index (χ2v) is 5.97. The predicted octanol–water partition coefficient (Wildman–Crippen LogP) is 1.83. The standard InChI is InChI=1S/C14H22O4/c1-4-5-8-9(15)6-7-10-11(8)12-13(16-10)18-14(2,3)17-12/h4-5,8-13,15H,6-7H2,1-3H3/b5-4-/t8-,9-,10+,11+,12+,13+/m0/s1. The van der Waals surface area contributed by atoms with Gasteiger partial charge in [0.25, 0.3) is 0 Å². The van der Waals surface area contributed by atoms with E-state index < -0.39 is 5.79 Å². The van der Waals surface area contributed by atoms with E-state index in [0.29, 0.717) is 0 Å². The van der Waals surface area contributed by atoms with E-state index in [-0.39, 0.29) is 36.4 Å². The van der Waals surface area contributed by atoms with Crippen LogP contribution in [0, 0.1) is 11.8 Å². The van der Waals surface area contributed by atoms with Crippen LogP contribution in [0.5, 0.6) is 0 Å². The van der Waals surface area contributed by atoms with E-state index in [1.54, 1.807) is 0 Å². The van der Waals surface area contributed by atoms with Gasteiger partial charge in [-0.15, -0.1) is 0 Å². The van der Waals surface area contributed by atoms with E-state index in [2.05, 4.69) is 6.08 Å². The van der Waals surface area contributed by atoms with Crippen LogP contribution in [0.25, 0.3) is 0 Å². The van der Waals surface area contributed by atoms with E-state index in [4.69, 9.17) is 14.2 Å². The van der Waals surface area contributed by atoms with Crippen LogP contribution in [0.15, 0.2) is 12.2 Å². The molecule has 0 unspecified atom stereocenters. The Kier molecular flexibility index (Phi) is 3.01. The third kappa shape index (κ3) is 1.92. The Bertz CT molecular complexity index is 352. The maximum absolute atomic E-state index is 10.2. The Morgan fingerprint density at radius 2 is 2.00 bits per heavy atom. The fourth-order valence-electron chi connectivity index (χ4n) is 3.59. The Labute approximate surface area is 108 Å². The fraction of sp³-hybridized carbons (Fsp3) is 0.857. The molecule has 0 aromatic rings. The quantitative estimate of drug-likeness (QED) is 0.725. The molecule has 1 N–H and O–H groups in total. The highest BCUT2D eigenvalue weighted by Gasteiger charge is 2.58. The molecule has 3 fully saturated rings. The van der Waals surface area contributed by atoms with Crippen molar-refractivity contribution in [2.45, 2.75) is 64.0 Å². The molecule has 3 rings (SSSR count). The van der Waals surface area contributed by atoms with Crippen molar-refractivity contribution < 1.29 is 19.3 Å². The molecule has 0 aromatic heterocycles. The van der Waals surface area contributed by atoms with Gasteiger partial charge in [-0.1, -0.05) is 12.2 Å². The van der Waals surface area contributed by atoms with Gasteiger partial charge in [-0.25, -0.2) is 0 Å². The molecule has 0 amide bonds. The number of aliphatic hydroxyl groups excluding tert-OH is 1. The van der Waals surface area contributed by atoms with Gasteiger partial charge in [-0.3, -0.25) is 0 Å². The SMILES string of the molecule is C/C=C\[C@@H]1[C@H]2[C@H]3OC(C)(C)O[C@H]3O[C@@H]2CC[C@@H]1O. The first kappa shape index (κ1) is 12.6. The Balaban J connectivity index is 1.85. The number of ether oxygens (including phenoxy) is 3. The minimum absolute atomic E-state index is 0.0545. The van der Waals surface area contributed by atoms with Crippen molar-refractivity contribution in [3.05, 3.63) is 12.2 Å². The van der Waals surface area contributed by atoms with Crippen LogP contribution in [-0.2, 0) is 14.2 Å². The van der Waals surface area contributed by atoms with Gasteiger partial charge in [0.05, 0.1) is 12.2 Å². The summed E-state index contributed by atoms with van der Waals surface area (Å²) < 4.78 is 17.7. The zero-order valence-electron chi connectivity index (χ0n) is 11.2. The molecule has 4 heteroatoms. The van der Waals surface area contributed by atoms with Crippen molar-refractivity contribution in [3.63, 3.8) is 0 Å². The summed E-state index contributed by atoms with van der Waals surface area (Å²) in [5.41, 5.74) is 0. The van der Waals surface area contributed by atoms with Crippen LogP contribution < -0.4 is 0 Å². The summed E-state index contributed by atoms with van der Waals surface area (Å²) in [4.78, 5) is 0. The zero-order chi connectivity index (χ0) is 12.9. The molecular formula is C14H22O4. The van der Waals surface area contributed by atoms with E-state index in [9.17, 15) is 5.11 Å². The molecule has 2 saturated heterocycles. The average molecular weight is 254 g/mol. The van der Waals surface area contributed by atoms with Crippen LogP contribution in [0.4, 0.5) is 0 Å². The van der Waals surface area contributed by atoms with Gasteiger partial charge in [-0.2, -0.15) is 0 Å². The second kappa shape index (κ2) is 4.30.